The van der Waals surface area contributed by atoms with E-state index in [4.69, 9.17) is 11.6 Å². The molecule has 1 aromatic carbocycles. The van der Waals surface area contributed by atoms with Crippen molar-refractivity contribution < 1.29 is 17.9 Å². The van der Waals surface area contributed by atoms with Gasteiger partial charge in [0, 0.05) is 26.2 Å². The molecule has 0 amide bonds. The average molecular weight is 446 g/mol. The van der Waals surface area contributed by atoms with Gasteiger partial charge in [-0.05, 0) is 17.7 Å². The van der Waals surface area contributed by atoms with Gasteiger partial charge < -0.3 is 5.11 Å². The first-order chi connectivity index (χ1) is 13.3. The Bertz CT molecular complexity index is 1120. The summed E-state index contributed by atoms with van der Waals surface area (Å²) in [6.45, 7) is 1.54. The second-order valence-electron chi connectivity index (χ2n) is 6.52. The van der Waals surface area contributed by atoms with Crippen LogP contribution in [0, 0.1) is 5.82 Å². The van der Waals surface area contributed by atoms with Crippen LogP contribution in [-0.4, -0.2) is 69.8 Å². The number of rotatable bonds is 4. The quantitative estimate of drug-likeness (QED) is 0.660. The Hall–Kier alpha value is -1.79. The molecule has 3 heterocycles. The Kier molecular flexibility index (Phi) is 5.04. The minimum absolute atomic E-state index is 0.0174. The van der Waals surface area contributed by atoms with E-state index < -0.39 is 21.9 Å². The van der Waals surface area contributed by atoms with E-state index in [1.54, 1.807) is 6.07 Å². The maximum absolute atomic E-state index is 13.7. The first-order valence-electron chi connectivity index (χ1n) is 8.41. The van der Waals surface area contributed by atoms with Gasteiger partial charge in [-0.15, -0.1) is 0 Å². The van der Waals surface area contributed by atoms with Gasteiger partial charge in [0.15, 0.2) is 0 Å². The van der Waals surface area contributed by atoms with Gasteiger partial charge in [0.1, 0.15) is 12.1 Å². The van der Waals surface area contributed by atoms with E-state index in [2.05, 4.69) is 10.1 Å². The summed E-state index contributed by atoms with van der Waals surface area (Å²) in [5, 5.41) is 14.7. The first kappa shape index (κ1) is 19.5. The van der Waals surface area contributed by atoms with Crippen molar-refractivity contribution in [1.29, 1.82) is 0 Å². The standard InChI is InChI=1S/C16H17ClFN5O3S2/c1-28(25,26)22-6-4-21(5-7-22)13(10-2-3-12(18)11(17)8-10)14-15(24)23-16(27-14)19-9-20-23/h2-3,8-9,13,24H,4-7H2,1H3/t13-/m1/s1. The van der Waals surface area contributed by atoms with Crippen LogP contribution in [0.2, 0.25) is 5.02 Å². The summed E-state index contributed by atoms with van der Waals surface area (Å²) in [5.74, 6) is -0.577. The second kappa shape index (κ2) is 7.23. The summed E-state index contributed by atoms with van der Waals surface area (Å²) in [5.41, 5.74) is 0.694. The van der Waals surface area contributed by atoms with Crippen LogP contribution in [0.15, 0.2) is 24.5 Å². The summed E-state index contributed by atoms with van der Waals surface area (Å²) < 4.78 is 40.1. The van der Waals surface area contributed by atoms with Crippen LogP contribution in [0.5, 0.6) is 5.88 Å². The van der Waals surface area contributed by atoms with Crippen LogP contribution in [0.1, 0.15) is 16.5 Å². The van der Waals surface area contributed by atoms with Crippen LogP contribution in [0.3, 0.4) is 0 Å². The maximum atomic E-state index is 13.7. The van der Waals surface area contributed by atoms with E-state index in [1.165, 1.54) is 44.9 Å². The van der Waals surface area contributed by atoms with E-state index in [0.717, 1.165) is 0 Å². The lowest BCUT2D eigenvalue weighted by Crippen LogP contribution is -2.49. The summed E-state index contributed by atoms with van der Waals surface area (Å²) in [4.78, 5) is 7.27. The smallest absolute Gasteiger partial charge is 0.230 e. The van der Waals surface area contributed by atoms with Crippen molar-refractivity contribution in [3.63, 3.8) is 0 Å². The number of fused-ring (bicyclic) bond motifs is 1. The summed E-state index contributed by atoms with van der Waals surface area (Å²) in [7, 11) is -3.27. The molecule has 1 aliphatic heterocycles. The fraction of sp³-hybridized carbons (Fsp3) is 0.375. The number of hydrogen-bond acceptors (Lipinski definition) is 7. The molecule has 0 radical (unpaired) electrons. The molecule has 150 valence electrons. The van der Waals surface area contributed by atoms with E-state index >= 15 is 0 Å². The molecule has 0 saturated carbocycles. The van der Waals surface area contributed by atoms with Crippen LogP contribution < -0.4 is 0 Å². The van der Waals surface area contributed by atoms with E-state index in [0.29, 0.717) is 41.6 Å². The zero-order chi connectivity index (χ0) is 20.1. The molecule has 3 aromatic rings. The normalized spacial score (nSPS) is 18.0. The van der Waals surface area contributed by atoms with E-state index in [9.17, 15) is 17.9 Å². The number of piperazine rings is 1. The third kappa shape index (κ3) is 3.48. The topological polar surface area (TPSA) is 91.0 Å². The zero-order valence-corrected chi connectivity index (χ0v) is 17.2. The lowest BCUT2D eigenvalue weighted by molar-refractivity contribution is 0.156. The summed E-state index contributed by atoms with van der Waals surface area (Å²) >= 11 is 7.27. The molecular formula is C16H17ClFN5O3S2. The Morgan fingerprint density at radius 1 is 1.29 bits per heavy atom. The minimum Gasteiger partial charge on any atom is -0.492 e. The van der Waals surface area contributed by atoms with Gasteiger partial charge in [0.25, 0.3) is 0 Å². The second-order valence-corrected chi connectivity index (χ2v) is 9.92. The lowest BCUT2D eigenvalue weighted by atomic mass is 10.0. The molecule has 0 aliphatic carbocycles. The molecular weight excluding hydrogens is 429 g/mol. The highest BCUT2D eigenvalue weighted by Gasteiger charge is 2.33. The summed E-state index contributed by atoms with van der Waals surface area (Å²) in [6.07, 6.45) is 2.54. The SMILES string of the molecule is CS(=O)(=O)N1CCN([C@H](c2ccc(F)c(Cl)c2)c2sc3ncnn3c2O)CC1. The van der Waals surface area contributed by atoms with Gasteiger partial charge in [0.2, 0.25) is 20.9 Å². The lowest BCUT2D eigenvalue weighted by Gasteiger charge is -2.38. The van der Waals surface area contributed by atoms with Crippen LogP contribution >= 0.6 is 22.9 Å². The fourth-order valence-corrected chi connectivity index (χ4v) is 5.48. The van der Waals surface area contributed by atoms with Gasteiger partial charge in [-0.25, -0.2) is 17.8 Å². The molecule has 12 heteroatoms. The highest BCUT2D eigenvalue weighted by Crippen LogP contribution is 2.40. The van der Waals surface area contributed by atoms with Crippen molar-refractivity contribution in [2.24, 2.45) is 0 Å². The molecule has 1 aliphatic rings. The maximum Gasteiger partial charge on any atom is 0.230 e. The molecule has 1 saturated heterocycles. The van der Waals surface area contributed by atoms with Crippen LogP contribution in [0.25, 0.3) is 4.96 Å². The Morgan fingerprint density at radius 2 is 2.00 bits per heavy atom. The average Bonchev–Trinajstić information content (AvgIpc) is 3.22. The van der Waals surface area contributed by atoms with Gasteiger partial charge >= 0.3 is 0 Å². The molecule has 4 rings (SSSR count). The van der Waals surface area contributed by atoms with Crippen LogP contribution in [0.4, 0.5) is 4.39 Å². The number of hydrogen-bond donors (Lipinski definition) is 1. The fourth-order valence-electron chi connectivity index (χ4n) is 3.38. The van der Waals surface area contributed by atoms with Crippen molar-refractivity contribution >= 4 is 37.9 Å². The Balaban J connectivity index is 1.75. The largest absolute Gasteiger partial charge is 0.492 e. The van der Waals surface area contributed by atoms with Crippen molar-refractivity contribution in [2.75, 3.05) is 32.4 Å². The van der Waals surface area contributed by atoms with Crippen LogP contribution in [-0.2, 0) is 10.0 Å². The number of nitrogens with zero attached hydrogens (tertiary/aromatic N) is 5. The van der Waals surface area contributed by atoms with Crippen molar-refractivity contribution in [2.45, 2.75) is 6.04 Å². The molecule has 0 bridgehead atoms. The van der Waals surface area contributed by atoms with Gasteiger partial charge in [0.05, 0.1) is 22.2 Å². The van der Waals surface area contributed by atoms with Crippen molar-refractivity contribution in [3.05, 3.63) is 45.8 Å². The summed E-state index contributed by atoms with van der Waals surface area (Å²) in [6, 6.07) is 3.99. The number of halogens is 2. The molecule has 1 N–H and O–H groups in total. The third-order valence-corrected chi connectivity index (χ3v) is 7.43. The van der Waals surface area contributed by atoms with Crippen molar-refractivity contribution in [3.8, 4) is 5.88 Å². The number of thiazole rings is 1. The molecule has 8 nitrogen and oxygen atoms in total. The highest BCUT2D eigenvalue weighted by molar-refractivity contribution is 7.88. The van der Waals surface area contributed by atoms with Gasteiger partial charge in [-0.3, -0.25) is 4.90 Å². The molecule has 1 atom stereocenters. The third-order valence-electron chi connectivity index (χ3n) is 4.75. The Morgan fingerprint density at radius 3 is 2.61 bits per heavy atom. The zero-order valence-electron chi connectivity index (χ0n) is 14.8. The molecule has 1 fully saturated rings. The number of benzene rings is 1. The van der Waals surface area contributed by atoms with Crippen molar-refractivity contribution in [1.82, 2.24) is 23.8 Å². The molecule has 0 unspecified atom stereocenters. The highest BCUT2D eigenvalue weighted by atomic mass is 35.5. The number of sulfonamides is 1. The predicted molar refractivity (Wildman–Crippen MR) is 104 cm³/mol. The Labute approximate surface area is 169 Å². The monoisotopic (exact) mass is 445 g/mol. The molecule has 0 spiro atoms. The molecule has 28 heavy (non-hydrogen) atoms. The van der Waals surface area contributed by atoms with Gasteiger partial charge in [-0.2, -0.15) is 13.9 Å². The predicted octanol–water partition coefficient (Wildman–Crippen LogP) is 1.96. The van der Waals surface area contributed by atoms with E-state index in [-0.39, 0.29) is 10.9 Å². The minimum atomic E-state index is -3.27. The van der Waals surface area contributed by atoms with Gasteiger partial charge in [-0.1, -0.05) is 29.0 Å². The van der Waals surface area contributed by atoms with E-state index in [1.807, 2.05) is 4.90 Å². The number of aromatic hydroxyl groups is 1. The molecule has 2 aromatic heterocycles. The number of aromatic nitrogens is 3. The first-order valence-corrected chi connectivity index (χ1v) is 11.5.